The van der Waals surface area contributed by atoms with Crippen LogP contribution in [0.25, 0.3) is 0 Å². The van der Waals surface area contributed by atoms with E-state index in [-0.39, 0.29) is 11.4 Å². The first-order valence-corrected chi connectivity index (χ1v) is 8.24. The maximum absolute atomic E-state index is 12.2. The molecule has 0 saturated carbocycles. The molecule has 0 radical (unpaired) electrons. The molecule has 0 spiro atoms. The molecule has 22 heavy (non-hydrogen) atoms. The minimum Gasteiger partial charge on any atom is -0.480 e. The van der Waals surface area contributed by atoms with Crippen LogP contribution in [0.3, 0.4) is 0 Å². The lowest BCUT2D eigenvalue weighted by molar-refractivity contribution is -0.387. The molecular weight excluding hydrogens is 336 g/mol. The van der Waals surface area contributed by atoms with Crippen LogP contribution in [0.4, 0.5) is 5.69 Å². The Balaban J connectivity index is 3.18. The van der Waals surface area contributed by atoms with Gasteiger partial charge in [0.05, 0.1) is 4.92 Å². The van der Waals surface area contributed by atoms with Crippen molar-refractivity contribution in [3.8, 4) is 0 Å². The number of carbonyl (C=O) groups is 1. The first kappa shape index (κ1) is 18.3. The molecule has 0 heterocycles. The summed E-state index contributed by atoms with van der Waals surface area (Å²) in [5.74, 6) is -1.34. The zero-order chi connectivity index (χ0) is 16.9. The van der Waals surface area contributed by atoms with Gasteiger partial charge in [-0.25, -0.2) is 8.42 Å². The molecule has 1 unspecified atom stereocenters. The highest BCUT2D eigenvalue weighted by Crippen LogP contribution is 2.27. The van der Waals surface area contributed by atoms with E-state index >= 15 is 0 Å². The molecular formula is C12H15ClN2O6S. The normalized spacial score (nSPS) is 12.8. The Morgan fingerprint density at radius 1 is 1.50 bits per heavy atom. The summed E-state index contributed by atoms with van der Waals surface area (Å²) in [5, 5.41) is 20.0. The second kappa shape index (κ2) is 7.52. The van der Waals surface area contributed by atoms with E-state index in [4.69, 9.17) is 16.7 Å². The number of nitrogens with one attached hydrogen (secondary N) is 1. The van der Waals surface area contributed by atoms with Gasteiger partial charge in [-0.3, -0.25) is 14.9 Å². The molecule has 0 bridgehead atoms. The molecule has 8 nitrogen and oxygen atoms in total. The Bertz CT molecular complexity index is 676. The van der Waals surface area contributed by atoms with Gasteiger partial charge in [-0.05, 0) is 18.6 Å². The minimum absolute atomic E-state index is 0.00594. The van der Waals surface area contributed by atoms with Gasteiger partial charge in [0.25, 0.3) is 5.69 Å². The number of rotatable bonds is 8. The Morgan fingerprint density at radius 3 is 2.64 bits per heavy atom. The molecule has 10 heteroatoms. The predicted molar refractivity (Wildman–Crippen MR) is 79.4 cm³/mol. The zero-order valence-corrected chi connectivity index (χ0v) is 13.2. The van der Waals surface area contributed by atoms with Gasteiger partial charge in [0, 0.05) is 11.1 Å². The van der Waals surface area contributed by atoms with Crippen LogP contribution in [-0.2, 0) is 14.8 Å². The second-order valence-corrected chi connectivity index (χ2v) is 6.64. The summed E-state index contributed by atoms with van der Waals surface area (Å²) >= 11 is 5.62. The molecule has 1 aromatic carbocycles. The van der Waals surface area contributed by atoms with E-state index < -0.39 is 37.5 Å². The third-order valence-corrected chi connectivity index (χ3v) is 4.60. The number of carboxylic acid groups (broad SMARTS) is 1. The van der Waals surface area contributed by atoms with Crippen LogP contribution in [0.15, 0.2) is 23.1 Å². The van der Waals surface area contributed by atoms with E-state index in [9.17, 15) is 23.3 Å². The largest absolute Gasteiger partial charge is 0.480 e. The Morgan fingerprint density at radius 2 is 2.14 bits per heavy atom. The highest BCUT2D eigenvalue weighted by atomic mass is 35.5. The Kier molecular flexibility index (Phi) is 6.27. The van der Waals surface area contributed by atoms with Crippen molar-refractivity contribution >= 4 is 33.3 Å². The van der Waals surface area contributed by atoms with E-state index in [0.717, 1.165) is 12.1 Å². The molecule has 0 aliphatic carbocycles. The average molecular weight is 351 g/mol. The van der Waals surface area contributed by atoms with Gasteiger partial charge >= 0.3 is 5.97 Å². The molecule has 0 aliphatic rings. The van der Waals surface area contributed by atoms with Crippen molar-refractivity contribution in [3.05, 3.63) is 33.3 Å². The number of unbranched alkanes of at least 4 members (excludes halogenated alkanes) is 1. The smallest absolute Gasteiger partial charge is 0.321 e. The first-order valence-electron chi connectivity index (χ1n) is 6.38. The maximum atomic E-state index is 12.2. The van der Waals surface area contributed by atoms with E-state index in [1.165, 1.54) is 6.07 Å². The summed E-state index contributed by atoms with van der Waals surface area (Å²) in [4.78, 5) is 20.5. The molecule has 0 aromatic heterocycles. The predicted octanol–water partition coefficient (Wildman–Crippen LogP) is 2.17. The van der Waals surface area contributed by atoms with E-state index in [1.807, 2.05) is 11.6 Å². The monoisotopic (exact) mass is 350 g/mol. The lowest BCUT2D eigenvalue weighted by Crippen LogP contribution is -2.40. The van der Waals surface area contributed by atoms with Crippen molar-refractivity contribution in [1.82, 2.24) is 4.72 Å². The second-order valence-electron chi connectivity index (χ2n) is 4.52. The van der Waals surface area contributed by atoms with Crippen LogP contribution >= 0.6 is 11.6 Å². The maximum Gasteiger partial charge on any atom is 0.321 e. The van der Waals surface area contributed by atoms with Crippen molar-refractivity contribution in [3.63, 3.8) is 0 Å². The third-order valence-electron chi connectivity index (χ3n) is 2.85. The number of benzene rings is 1. The molecule has 1 atom stereocenters. The molecule has 0 aliphatic heterocycles. The summed E-state index contributed by atoms with van der Waals surface area (Å²) < 4.78 is 26.4. The fourth-order valence-corrected chi connectivity index (χ4v) is 3.29. The number of hydrogen-bond donors (Lipinski definition) is 2. The van der Waals surface area contributed by atoms with Crippen molar-refractivity contribution in [2.75, 3.05) is 0 Å². The van der Waals surface area contributed by atoms with E-state index in [0.29, 0.717) is 12.8 Å². The van der Waals surface area contributed by atoms with Crippen LogP contribution in [0.1, 0.15) is 26.2 Å². The van der Waals surface area contributed by atoms with Crippen molar-refractivity contribution < 1.29 is 23.2 Å². The van der Waals surface area contributed by atoms with Crippen LogP contribution in [0, 0.1) is 10.1 Å². The minimum atomic E-state index is -4.36. The number of nitro groups is 1. The fraction of sp³-hybridized carbons (Fsp3) is 0.417. The van der Waals surface area contributed by atoms with E-state index in [2.05, 4.69) is 0 Å². The highest BCUT2D eigenvalue weighted by molar-refractivity contribution is 7.89. The number of carboxylic acids is 1. The highest BCUT2D eigenvalue weighted by Gasteiger charge is 2.30. The standard InChI is InChI=1S/C12H15ClN2O6S/c1-2-3-4-9(12(16)17)14-22(20,21)11-6-5-8(13)7-10(11)15(18)19/h5-7,9,14H,2-4H2,1H3,(H,16,17). The van der Waals surface area contributed by atoms with Gasteiger partial charge in [-0.1, -0.05) is 31.4 Å². The average Bonchev–Trinajstić information content (AvgIpc) is 2.42. The Labute approximate surface area is 132 Å². The topological polar surface area (TPSA) is 127 Å². The number of sulfonamides is 1. The number of nitrogens with zero attached hydrogens (tertiary/aromatic N) is 1. The number of hydrogen-bond acceptors (Lipinski definition) is 5. The summed E-state index contributed by atoms with van der Waals surface area (Å²) in [5.41, 5.74) is -0.709. The van der Waals surface area contributed by atoms with Crippen molar-refractivity contribution in [2.45, 2.75) is 37.1 Å². The third kappa shape index (κ3) is 4.65. The van der Waals surface area contributed by atoms with Gasteiger partial charge in [0.1, 0.15) is 6.04 Å². The molecule has 1 rings (SSSR count). The summed E-state index contributed by atoms with van der Waals surface area (Å²) in [6.45, 7) is 1.83. The van der Waals surface area contributed by atoms with Crippen molar-refractivity contribution in [2.24, 2.45) is 0 Å². The summed E-state index contributed by atoms with van der Waals surface area (Å²) in [7, 11) is -4.36. The van der Waals surface area contributed by atoms with Gasteiger partial charge in [-0.2, -0.15) is 4.72 Å². The van der Waals surface area contributed by atoms with Gasteiger partial charge in [0.15, 0.2) is 4.90 Å². The fourth-order valence-electron chi connectivity index (χ4n) is 1.75. The molecule has 0 amide bonds. The number of aliphatic carboxylic acids is 1. The van der Waals surface area contributed by atoms with Crippen LogP contribution < -0.4 is 4.72 Å². The van der Waals surface area contributed by atoms with Gasteiger partial charge in [-0.15, -0.1) is 0 Å². The number of halogens is 1. The molecule has 2 N–H and O–H groups in total. The van der Waals surface area contributed by atoms with Gasteiger partial charge < -0.3 is 5.11 Å². The summed E-state index contributed by atoms with van der Waals surface area (Å²) in [6.07, 6.45) is 1.28. The first-order chi connectivity index (χ1) is 10.2. The summed E-state index contributed by atoms with van der Waals surface area (Å²) in [6, 6.07) is 1.71. The van der Waals surface area contributed by atoms with Crippen LogP contribution in [-0.4, -0.2) is 30.5 Å². The van der Waals surface area contributed by atoms with E-state index in [1.54, 1.807) is 0 Å². The van der Waals surface area contributed by atoms with Crippen molar-refractivity contribution in [1.29, 1.82) is 0 Å². The van der Waals surface area contributed by atoms with Crippen LogP contribution in [0.5, 0.6) is 0 Å². The molecule has 0 fully saturated rings. The van der Waals surface area contributed by atoms with Crippen LogP contribution in [0.2, 0.25) is 5.02 Å². The SMILES string of the molecule is CCCCC(NS(=O)(=O)c1ccc(Cl)cc1[N+](=O)[O-])C(=O)O. The molecule has 0 saturated heterocycles. The quantitative estimate of drug-likeness (QED) is 0.546. The van der Waals surface area contributed by atoms with Gasteiger partial charge in [0.2, 0.25) is 10.0 Å². The molecule has 1 aromatic rings. The molecule has 122 valence electrons. The Hall–Kier alpha value is -1.71. The lowest BCUT2D eigenvalue weighted by Gasteiger charge is -2.14. The zero-order valence-electron chi connectivity index (χ0n) is 11.7. The lowest BCUT2D eigenvalue weighted by atomic mass is 10.1. The number of nitro benzene ring substituents is 1.